The third kappa shape index (κ3) is 11.4. The number of ether oxygens (including phenoxy) is 2. The Hall–Kier alpha value is -3.60. The molecule has 0 saturated heterocycles. The van der Waals surface area contributed by atoms with E-state index in [1.54, 1.807) is 19.1 Å². The fraction of sp³-hybridized carbons (Fsp3) is 0.333. The normalized spacial score (nSPS) is 10.5. The monoisotopic (exact) mass is 478 g/mol. The van der Waals surface area contributed by atoms with Crippen molar-refractivity contribution >= 4 is 11.8 Å². The first-order valence-electron chi connectivity index (χ1n) is 12.2. The zero-order valence-electron chi connectivity index (χ0n) is 21.5. The molecule has 1 N–H and O–H groups in total. The smallest absolute Gasteiger partial charge is 0.306 e. The number of carbonyl (C=O) groups is 2. The van der Waals surface area contributed by atoms with E-state index in [1.165, 1.54) is 0 Å². The minimum Gasteiger partial charge on any atom is -0.493 e. The van der Waals surface area contributed by atoms with E-state index in [1.807, 2.05) is 94.4 Å². The average molecular weight is 479 g/mol. The largest absolute Gasteiger partial charge is 0.493 e. The van der Waals surface area contributed by atoms with E-state index in [0.717, 1.165) is 29.9 Å². The highest BCUT2D eigenvalue weighted by atomic mass is 16.5. The molecular weight excluding hydrogens is 440 g/mol. The van der Waals surface area contributed by atoms with Crippen LogP contribution in [-0.2, 0) is 4.79 Å². The number of rotatable bonds is 10. The van der Waals surface area contributed by atoms with Gasteiger partial charge in [-0.1, -0.05) is 75.7 Å². The molecule has 0 spiro atoms. The highest BCUT2D eigenvalue weighted by Gasteiger charge is 2.09. The molecule has 3 aromatic carbocycles. The molecule has 0 aliphatic heterocycles. The molecule has 0 heterocycles. The minimum absolute atomic E-state index is 0.0211. The van der Waals surface area contributed by atoms with Gasteiger partial charge in [-0.15, -0.1) is 0 Å². The van der Waals surface area contributed by atoms with Crippen LogP contribution >= 0.6 is 0 Å². The molecule has 5 heteroatoms. The van der Waals surface area contributed by atoms with Crippen LogP contribution in [0.2, 0.25) is 0 Å². The number of carboxylic acid groups (broad SMARTS) is 1. The number of aryl methyl sites for hydroxylation is 1. The Labute approximate surface area is 209 Å². The lowest BCUT2D eigenvalue weighted by Crippen LogP contribution is -2.06. The zero-order chi connectivity index (χ0) is 26.1. The van der Waals surface area contributed by atoms with Gasteiger partial charge in [0.2, 0.25) is 0 Å². The van der Waals surface area contributed by atoms with Crippen molar-refractivity contribution in [2.45, 2.75) is 47.5 Å². The number of carbonyl (C=O) groups excluding carboxylic acids is 1. The predicted molar refractivity (Wildman–Crippen MR) is 142 cm³/mol. The number of aliphatic carboxylic acids is 1. The number of hydrogen-bond donors (Lipinski definition) is 1. The van der Waals surface area contributed by atoms with Crippen LogP contribution < -0.4 is 9.47 Å². The van der Waals surface area contributed by atoms with E-state index >= 15 is 0 Å². The maximum atomic E-state index is 12.4. The van der Waals surface area contributed by atoms with Crippen molar-refractivity contribution < 1.29 is 24.2 Å². The molecule has 0 aliphatic carbocycles. The average Bonchev–Trinajstić information content (AvgIpc) is 2.90. The SMILES string of the molecule is CC.CCC(C)C(=O)O.Cc1ccc(C(=O)c2ccc(OCCCOc3ccccc3)cc2)cc1. The minimum atomic E-state index is -0.706. The second-order valence-electron chi connectivity index (χ2n) is 7.73. The van der Waals surface area contributed by atoms with Gasteiger partial charge in [0.15, 0.2) is 5.78 Å². The number of ketones is 1. The summed E-state index contributed by atoms with van der Waals surface area (Å²) in [6, 6.07) is 24.6. The fourth-order valence-electron chi connectivity index (χ4n) is 2.70. The lowest BCUT2D eigenvalue weighted by Gasteiger charge is -2.08. The molecule has 0 radical (unpaired) electrons. The molecule has 0 amide bonds. The van der Waals surface area contributed by atoms with Crippen LogP contribution in [0.15, 0.2) is 78.9 Å². The van der Waals surface area contributed by atoms with Crippen LogP contribution in [0.5, 0.6) is 11.5 Å². The molecule has 1 atom stereocenters. The third-order valence-electron chi connectivity index (χ3n) is 5.03. The van der Waals surface area contributed by atoms with Gasteiger partial charge in [-0.3, -0.25) is 9.59 Å². The Kier molecular flexibility index (Phi) is 14.2. The first-order chi connectivity index (χ1) is 16.9. The highest BCUT2D eigenvalue weighted by Crippen LogP contribution is 2.16. The molecule has 0 bridgehead atoms. The lowest BCUT2D eigenvalue weighted by molar-refractivity contribution is -0.141. The fourth-order valence-corrected chi connectivity index (χ4v) is 2.70. The van der Waals surface area contributed by atoms with E-state index in [-0.39, 0.29) is 11.7 Å². The van der Waals surface area contributed by atoms with Crippen LogP contribution in [0.4, 0.5) is 0 Å². The molecule has 5 nitrogen and oxygen atoms in total. The van der Waals surface area contributed by atoms with Crippen molar-refractivity contribution in [2.75, 3.05) is 13.2 Å². The predicted octanol–water partition coefficient (Wildman–Crippen LogP) is 7.22. The van der Waals surface area contributed by atoms with Crippen LogP contribution in [0.1, 0.15) is 62.0 Å². The Bertz CT molecular complexity index is 980. The molecular formula is C30H38O5. The summed E-state index contributed by atoms with van der Waals surface area (Å²) in [6.07, 6.45) is 1.51. The molecule has 1 unspecified atom stereocenters. The van der Waals surface area contributed by atoms with E-state index in [0.29, 0.717) is 24.3 Å². The molecule has 0 aromatic heterocycles. The zero-order valence-corrected chi connectivity index (χ0v) is 21.5. The first-order valence-corrected chi connectivity index (χ1v) is 12.2. The van der Waals surface area contributed by atoms with Crippen molar-refractivity contribution in [2.24, 2.45) is 5.92 Å². The highest BCUT2D eigenvalue weighted by molar-refractivity contribution is 6.09. The molecule has 3 rings (SSSR count). The molecule has 0 aliphatic rings. The van der Waals surface area contributed by atoms with Gasteiger partial charge in [0, 0.05) is 17.5 Å². The summed E-state index contributed by atoms with van der Waals surface area (Å²) < 4.78 is 11.3. The summed E-state index contributed by atoms with van der Waals surface area (Å²) >= 11 is 0. The van der Waals surface area contributed by atoms with Crippen molar-refractivity contribution in [3.8, 4) is 11.5 Å². The maximum absolute atomic E-state index is 12.4. The Balaban J connectivity index is 0.000000587. The van der Waals surface area contributed by atoms with Gasteiger partial charge in [0.05, 0.1) is 19.1 Å². The van der Waals surface area contributed by atoms with E-state index in [2.05, 4.69) is 0 Å². The van der Waals surface area contributed by atoms with Gasteiger partial charge in [-0.25, -0.2) is 0 Å². The van der Waals surface area contributed by atoms with E-state index in [4.69, 9.17) is 14.6 Å². The van der Waals surface area contributed by atoms with Gasteiger partial charge in [0.1, 0.15) is 11.5 Å². The second kappa shape index (κ2) is 16.9. The number of benzene rings is 3. The molecule has 35 heavy (non-hydrogen) atoms. The Morgan fingerprint density at radius 3 is 1.66 bits per heavy atom. The first kappa shape index (κ1) is 29.4. The van der Waals surface area contributed by atoms with Gasteiger partial charge < -0.3 is 14.6 Å². The third-order valence-corrected chi connectivity index (χ3v) is 5.03. The number of carboxylic acids is 1. The van der Waals surface area contributed by atoms with E-state index in [9.17, 15) is 9.59 Å². The summed E-state index contributed by atoms with van der Waals surface area (Å²) in [7, 11) is 0. The van der Waals surface area contributed by atoms with Crippen molar-refractivity contribution in [1.82, 2.24) is 0 Å². The Morgan fingerprint density at radius 1 is 0.771 bits per heavy atom. The summed E-state index contributed by atoms with van der Waals surface area (Å²) in [5.74, 6) is 0.756. The molecule has 0 saturated carbocycles. The maximum Gasteiger partial charge on any atom is 0.306 e. The van der Waals surface area contributed by atoms with Crippen LogP contribution in [0.3, 0.4) is 0 Å². The standard InChI is InChI=1S/C23H22O3.C5H10O2.C2H6/c1-18-8-10-19(11-9-18)23(24)20-12-14-22(15-13-20)26-17-5-16-25-21-6-3-2-4-7-21;1-3-4(2)5(6)7;1-2/h2-4,6-15H,5,16-17H2,1H3;4H,3H2,1-2H3,(H,6,7);1-2H3. The molecule has 3 aromatic rings. The summed E-state index contributed by atoms with van der Waals surface area (Å²) in [5.41, 5.74) is 2.50. The van der Waals surface area contributed by atoms with Crippen LogP contribution in [-0.4, -0.2) is 30.1 Å². The van der Waals surface area contributed by atoms with E-state index < -0.39 is 5.97 Å². The van der Waals surface area contributed by atoms with Gasteiger partial charge >= 0.3 is 5.97 Å². The van der Waals surface area contributed by atoms with Crippen LogP contribution in [0, 0.1) is 12.8 Å². The van der Waals surface area contributed by atoms with Crippen molar-refractivity contribution in [1.29, 1.82) is 0 Å². The quantitative estimate of drug-likeness (QED) is 0.246. The lowest BCUT2D eigenvalue weighted by atomic mass is 10.0. The van der Waals surface area contributed by atoms with Crippen molar-refractivity contribution in [3.05, 3.63) is 95.6 Å². The summed E-state index contributed by atoms with van der Waals surface area (Å²) in [6.45, 7) is 10.7. The second-order valence-corrected chi connectivity index (χ2v) is 7.73. The van der Waals surface area contributed by atoms with Gasteiger partial charge in [-0.2, -0.15) is 0 Å². The Morgan fingerprint density at radius 2 is 1.23 bits per heavy atom. The summed E-state index contributed by atoms with van der Waals surface area (Å²) in [4.78, 5) is 22.4. The van der Waals surface area contributed by atoms with Gasteiger partial charge in [-0.05, 0) is 49.7 Å². The summed E-state index contributed by atoms with van der Waals surface area (Å²) in [5, 5.41) is 8.18. The topological polar surface area (TPSA) is 72.8 Å². The number of para-hydroxylation sites is 1. The van der Waals surface area contributed by atoms with Crippen LogP contribution in [0.25, 0.3) is 0 Å². The van der Waals surface area contributed by atoms with Gasteiger partial charge in [0.25, 0.3) is 0 Å². The number of hydrogen-bond acceptors (Lipinski definition) is 4. The molecule has 188 valence electrons. The van der Waals surface area contributed by atoms with Crippen molar-refractivity contribution in [3.63, 3.8) is 0 Å². The molecule has 0 fully saturated rings.